The van der Waals surface area contributed by atoms with Gasteiger partial charge in [0.1, 0.15) is 0 Å². The van der Waals surface area contributed by atoms with Gasteiger partial charge in [0.05, 0.1) is 17.9 Å². The summed E-state index contributed by atoms with van der Waals surface area (Å²) in [5, 5.41) is 12.4. The van der Waals surface area contributed by atoms with Crippen LogP contribution in [0.15, 0.2) is 36.4 Å². The first-order chi connectivity index (χ1) is 10.7. The molecule has 4 heteroatoms. The highest BCUT2D eigenvalue weighted by atomic mass is 16.4. The number of hydrogen-bond acceptors (Lipinski definition) is 2. The van der Waals surface area contributed by atoms with E-state index in [1.54, 1.807) is 0 Å². The molecule has 116 valence electrons. The van der Waals surface area contributed by atoms with Gasteiger partial charge >= 0.3 is 5.97 Å². The molecule has 0 aliphatic heterocycles. The van der Waals surface area contributed by atoms with Crippen molar-refractivity contribution in [3.05, 3.63) is 47.5 Å². The molecule has 0 fully saturated rings. The van der Waals surface area contributed by atoms with E-state index in [1.807, 2.05) is 24.3 Å². The lowest BCUT2D eigenvalue weighted by molar-refractivity contribution is -0.147. The van der Waals surface area contributed by atoms with Crippen LogP contribution in [0.5, 0.6) is 0 Å². The van der Waals surface area contributed by atoms with Gasteiger partial charge in [0.15, 0.2) is 0 Å². The fraction of sp³-hybridized carbons (Fsp3) is 0.444. The van der Waals surface area contributed by atoms with Crippen LogP contribution in [0.25, 0.3) is 0 Å². The van der Waals surface area contributed by atoms with Crippen molar-refractivity contribution in [1.82, 2.24) is 5.32 Å². The Hall–Kier alpha value is -2.10. The number of rotatable bonds is 3. The van der Waals surface area contributed by atoms with Crippen LogP contribution < -0.4 is 5.32 Å². The normalized spacial score (nSPS) is 27.0. The van der Waals surface area contributed by atoms with E-state index >= 15 is 0 Å². The third-order valence-electron chi connectivity index (χ3n) is 4.77. The molecular formula is C18H21NO3. The van der Waals surface area contributed by atoms with Crippen molar-refractivity contribution in [3.8, 4) is 0 Å². The molecule has 1 aromatic rings. The number of carboxylic acids is 1. The maximum absolute atomic E-state index is 12.6. The van der Waals surface area contributed by atoms with Crippen molar-refractivity contribution >= 4 is 11.9 Å². The number of carbonyl (C=O) groups excluding carboxylic acids is 1. The van der Waals surface area contributed by atoms with Gasteiger partial charge < -0.3 is 10.4 Å². The Morgan fingerprint density at radius 1 is 1.09 bits per heavy atom. The summed E-state index contributed by atoms with van der Waals surface area (Å²) in [4.78, 5) is 23.9. The largest absolute Gasteiger partial charge is 0.481 e. The average molecular weight is 299 g/mol. The van der Waals surface area contributed by atoms with Gasteiger partial charge in [-0.15, -0.1) is 0 Å². The maximum Gasteiger partial charge on any atom is 0.307 e. The molecule has 0 radical (unpaired) electrons. The van der Waals surface area contributed by atoms with E-state index in [0.29, 0.717) is 12.8 Å². The molecule has 0 saturated heterocycles. The average Bonchev–Trinajstić information content (AvgIpc) is 2.55. The van der Waals surface area contributed by atoms with Crippen LogP contribution in [0.3, 0.4) is 0 Å². The number of carboxylic acid groups (broad SMARTS) is 1. The fourth-order valence-corrected chi connectivity index (χ4v) is 3.56. The highest BCUT2D eigenvalue weighted by Gasteiger charge is 2.35. The second-order valence-corrected chi connectivity index (χ2v) is 6.15. The van der Waals surface area contributed by atoms with Gasteiger partial charge in [-0.05, 0) is 43.2 Å². The molecule has 1 aromatic carbocycles. The molecule has 0 aromatic heterocycles. The first kappa shape index (κ1) is 14.8. The van der Waals surface area contributed by atoms with Crippen LogP contribution in [0, 0.1) is 11.8 Å². The van der Waals surface area contributed by atoms with Gasteiger partial charge in [0, 0.05) is 0 Å². The molecule has 4 nitrogen and oxygen atoms in total. The van der Waals surface area contributed by atoms with Crippen molar-refractivity contribution < 1.29 is 14.7 Å². The SMILES string of the molecule is O=C(O)[C@H]1CC=CC[C@@H]1C(=O)N[C@H]1CCCc2ccccc21. The molecule has 2 aliphatic rings. The van der Waals surface area contributed by atoms with Crippen molar-refractivity contribution in [2.75, 3.05) is 0 Å². The van der Waals surface area contributed by atoms with E-state index in [1.165, 1.54) is 11.1 Å². The third kappa shape index (κ3) is 2.91. The number of nitrogens with one attached hydrogen (secondary N) is 1. The summed E-state index contributed by atoms with van der Waals surface area (Å²) in [6, 6.07) is 8.20. The van der Waals surface area contributed by atoms with Crippen molar-refractivity contribution in [3.63, 3.8) is 0 Å². The minimum Gasteiger partial charge on any atom is -0.481 e. The molecule has 0 unspecified atom stereocenters. The second kappa shape index (κ2) is 6.34. The maximum atomic E-state index is 12.6. The van der Waals surface area contributed by atoms with Crippen molar-refractivity contribution in [2.45, 2.75) is 38.1 Å². The number of allylic oxidation sites excluding steroid dienone is 2. The van der Waals surface area contributed by atoms with Crippen LogP contribution in [0.2, 0.25) is 0 Å². The Balaban J connectivity index is 1.75. The summed E-state index contributed by atoms with van der Waals surface area (Å²) in [7, 11) is 0. The standard InChI is InChI=1S/C18H21NO3/c20-17(14-9-3-4-10-15(14)18(21)22)19-16-11-5-7-12-6-1-2-8-13(12)16/h1-4,6,8,14-16H,5,7,9-11H2,(H,19,20)(H,21,22)/t14-,15-,16-/m0/s1. The van der Waals surface area contributed by atoms with Crippen molar-refractivity contribution in [1.29, 1.82) is 0 Å². The zero-order chi connectivity index (χ0) is 15.5. The summed E-state index contributed by atoms with van der Waals surface area (Å²) in [5.41, 5.74) is 2.47. The number of benzene rings is 1. The van der Waals surface area contributed by atoms with E-state index in [2.05, 4.69) is 17.4 Å². The number of fused-ring (bicyclic) bond motifs is 1. The van der Waals surface area contributed by atoms with Gasteiger partial charge in [-0.1, -0.05) is 36.4 Å². The molecule has 2 aliphatic carbocycles. The highest BCUT2D eigenvalue weighted by Crippen LogP contribution is 2.31. The summed E-state index contributed by atoms with van der Waals surface area (Å²) >= 11 is 0. The predicted molar refractivity (Wildman–Crippen MR) is 83.3 cm³/mol. The molecule has 0 bridgehead atoms. The van der Waals surface area contributed by atoms with Crippen LogP contribution in [-0.4, -0.2) is 17.0 Å². The quantitative estimate of drug-likeness (QED) is 0.843. The van der Waals surface area contributed by atoms with Gasteiger partial charge in [0.2, 0.25) is 5.91 Å². The Morgan fingerprint density at radius 2 is 1.82 bits per heavy atom. The summed E-state index contributed by atoms with van der Waals surface area (Å²) in [5.74, 6) is -2.08. The monoisotopic (exact) mass is 299 g/mol. The Bertz CT molecular complexity index is 608. The van der Waals surface area contributed by atoms with Crippen LogP contribution in [0.4, 0.5) is 0 Å². The molecule has 1 amide bonds. The number of aryl methyl sites for hydroxylation is 1. The van der Waals surface area contributed by atoms with Gasteiger partial charge in [0.25, 0.3) is 0 Å². The Labute approximate surface area is 130 Å². The third-order valence-corrected chi connectivity index (χ3v) is 4.77. The Kier molecular flexibility index (Phi) is 4.27. The number of amides is 1. The van der Waals surface area contributed by atoms with Crippen LogP contribution >= 0.6 is 0 Å². The summed E-state index contributed by atoms with van der Waals surface area (Å²) in [6.45, 7) is 0. The van der Waals surface area contributed by atoms with Gasteiger partial charge in [-0.3, -0.25) is 9.59 Å². The fourth-order valence-electron chi connectivity index (χ4n) is 3.56. The zero-order valence-electron chi connectivity index (χ0n) is 12.5. The number of hydrogen-bond donors (Lipinski definition) is 2. The zero-order valence-corrected chi connectivity index (χ0v) is 12.5. The lowest BCUT2D eigenvalue weighted by Crippen LogP contribution is -2.41. The van der Waals surface area contributed by atoms with E-state index in [4.69, 9.17) is 0 Å². The lowest BCUT2D eigenvalue weighted by atomic mass is 9.81. The summed E-state index contributed by atoms with van der Waals surface area (Å²) in [6.07, 6.45) is 7.74. The molecule has 0 heterocycles. The molecule has 3 rings (SSSR count). The molecule has 0 spiro atoms. The van der Waals surface area contributed by atoms with Crippen LogP contribution in [-0.2, 0) is 16.0 Å². The van der Waals surface area contributed by atoms with E-state index in [0.717, 1.165) is 19.3 Å². The highest BCUT2D eigenvalue weighted by molar-refractivity contribution is 5.85. The first-order valence-electron chi connectivity index (χ1n) is 7.93. The number of carbonyl (C=O) groups is 2. The lowest BCUT2D eigenvalue weighted by Gasteiger charge is -2.30. The minimum absolute atomic E-state index is 0.0119. The molecule has 0 saturated carbocycles. The van der Waals surface area contributed by atoms with Crippen molar-refractivity contribution in [2.24, 2.45) is 11.8 Å². The molecular weight excluding hydrogens is 278 g/mol. The Morgan fingerprint density at radius 3 is 2.59 bits per heavy atom. The number of aliphatic carboxylic acids is 1. The second-order valence-electron chi connectivity index (χ2n) is 6.15. The summed E-state index contributed by atoms with van der Waals surface area (Å²) < 4.78 is 0. The van der Waals surface area contributed by atoms with Gasteiger partial charge in [-0.25, -0.2) is 0 Å². The molecule has 2 N–H and O–H groups in total. The van der Waals surface area contributed by atoms with E-state index in [9.17, 15) is 14.7 Å². The smallest absolute Gasteiger partial charge is 0.307 e. The topological polar surface area (TPSA) is 66.4 Å². The van der Waals surface area contributed by atoms with Gasteiger partial charge in [-0.2, -0.15) is 0 Å². The minimum atomic E-state index is -0.881. The molecule has 3 atom stereocenters. The predicted octanol–water partition coefficient (Wildman–Crippen LogP) is 2.85. The first-order valence-corrected chi connectivity index (χ1v) is 7.93. The van der Waals surface area contributed by atoms with Crippen LogP contribution in [0.1, 0.15) is 42.9 Å². The van der Waals surface area contributed by atoms with E-state index in [-0.39, 0.29) is 11.9 Å². The molecule has 22 heavy (non-hydrogen) atoms. The van der Waals surface area contributed by atoms with E-state index < -0.39 is 17.8 Å².